The van der Waals surface area contributed by atoms with Crippen LogP contribution in [0.15, 0.2) is 0 Å². The van der Waals surface area contributed by atoms with E-state index in [9.17, 15) is 30.6 Å². The van der Waals surface area contributed by atoms with Gasteiger partial charge in [0.2, 0.25) is 0 Å². The standard InChI is InChI=1S/C18H30O8/c1-11(2)14(20)10(19)15(21)12(3,4)17(15,23)18(24,16(11,14)22)13(25-5)6-8-26-9-7-13/h10,19-24H,6-9H2,1-5H3/t10-,14-,15-,16+,17-,18-/m0/s1. The molecule has 150 valence electrons. The lowest BCUT2D eigenvalue weighted by molar-refractivity contribution is -0.338. The Morgan fingerprint density at radius 1 is 0.769 bits per heavy atom. The van der Waals surface area contributed by atoms with Gasteiger partial charge in [-0.1, -0.05) is 27.7 Å². The molecule has 26 heavy (non-hydrogen) atoms. The van der Waals surface area contributed by atoms with Crippen molar-refractivity contribution in [3.05, 3.63) is 0 Å². The maximum absolute atomic E-state index is 12.1. The second-order valence-corrected chi connectivity index (χ2v) is 9.63. The highest BCUT2D eigenvalue weighted by Gasteiger charge is 3.11. The van der Waals surface area contributed by atoms with Crippen LogP contribution in [0.4, 0.5) is 0 Å². The molecule has 6 N–H and O–H groups in total. The normalized spacial score (nSPS) is 58.5. The smallest absolute Gasteiger partial charge is 0.158 e. The molecule has 1 heterocycles. The fraction of sp³-hybridized carbons (Fsp3) is 1.00. The SMILES string of the molecule is COC1([C@@]2(O)[C@]3(O)C(C)(C)[C@@]3(O)[C@@H](O)[C@]3(O)C(C)(C)[C@]23O)CCOCC1. The van der Waals surface area contributed by atoms with E-state index in [0.29, 0.717) is 0 Å². The highest BCUT2D eigenvalue weighted by molar-refractivity contribution is 5.60. The molecule has 1 saturated heterocycles. The van der Waals surface area contributed by atoms with Crippen molar-refractivity contribution < 1.29 is 40.1 Å². The summed E-state index contributed by atoms with van der Waals surface area (Å²) in [6.45, 7) is 6.43. The zero-order valence-corrected chi connectivity index (χ0v) is 15.9. The molecule has 3 saturated carbocycles. The van der Waals surface area contributed by atoms with E-state index in [1.54, 1.807) is 0 Å². The van der Waals surface area contributed by atoms with E-state index >= 15 is 0 Å². The van der Waals surface area contributed by atoms with E-state index in [4.69, 9.17) is 9.47 Å². The van der Waals surface area contributed by atoms with Gasteiger partial charge in [-0.3, -0.25) is 0 Å². The molecule has 0 aromatic carbocycles. The first-order valence-corrected chi connectivity index (χ1v) is 9.10. The molecule has 4 rings (SSSR count). The maximum Gasteiger partial charge on any atom is 0.158 e. The minimum absolute atomic E-state index is 0.152. The van der Waals surface area contributed by atoms with Crippen LogP contribution in [0.1, 0.15) is 40.5 Å². The van der Waals surface area contributed by atoms with E-state index in [1.165, 1.54) is 34.8 Å². The van der Waals surface area contributed by atoms with Gasteiger partial charge in [-0.05, 0) is 0 Å². The Morgan fingerprint density at radius 2 is 1.15 bits per heavy atom. The summed E-state index contributed by atoms with van der Waals surface area (Å²) in [4.78, 5) is 0. The van der Waals surface area contributed by atoms with Gasteiger partial charge in [-0.2, -0.15) is 0 Å². The topological polar surface area (TPSA) is 140 Å². The lowest BCUT2D eigenvalue weighted by Crippen LogP contribution is -2.80. The Morgan fingerprint density at radius 3 is 1.50 bits per heavy atom. The van der Waals surface area contributed by atoms with E-state index < -0.39 is 50.5 Å². The Balaban J connectivity index is 2.04. The van der Waals surface area contributed by atoms with Crippen LogP contribution in [0.5, 0.6) is 0 Å². The molecule has 3 aliphatic carbocycles. The van der Waals surface area contributed by atoms with Crippen LogP contribution in [0, 0.1) is 10.8 Å². The van der Waals surface area contributed by atoms with Crippen molar-refractivity contribution in [3.63, 3.8) is 0 Å². The summed E-state index contributed by atoms with van der Waals surface area (Å²) in [5.41, 5.74) is -15.7. The molecule has 0 bridgehead atoms. The number of methoxy groups -OCH3 is 1. The van der Waals surface area contributed by atoms with E-state index in [-0.39, 0.29) is 26.1 Å². The van der Waals surface area contributed by atoms with Crippen LogP contribution in [0.25, 0.3) is 0 Å². The second-order valence-electron chi connectivity index (χ2n) is 9.63. The van der Waals surface area contributed by atoms with E-state index in [0.717, 1.165) is 0 Å². The predicted molar refractivity (Wildman–Crippen MR) is 88.1 cm³/mol. The van der Waals surface area contributed by atoms with E-state index in [1.807, 2.05) is 0 Å². The first kappa shape index (κ1) is 19.0. The fourth-order valence-electron chi connectivity index (χ4n) is 6.90. The lowest BCUT2D eigenvalue weighted by Gasteiger charge is -2.57. The molecule has 8 heteroatoms. The van der Waals surface area contributed by atoms with Gasteiger partial charge in [0.15, 0.2) is 5.60 Å². The van der Waals surface area contributed by atoms with Crippen LogP contribution in [-0.2, 0) is 9.47 Å². The quantitative estimate of drug-likeness (QED) is 0.336. The van der Waals surface area contributed by atoms with Crippen molar-refractivity contribution in [2.75, 3.05) is 20.3 Å². The van der Waals surface area contributed by atoms with Gasteiger partial charge in [-0.25, -0.2) is 0 Å². The van der Waals surface area contributed by atoms with E-state index in [2.05, 4.69) is 0 Å². The molecule has 0 unspecified atom stereocenters. The number of fused-ring (bicyclic) bond motifs is 2. The van der Waals surface area contributed by atoms with Crippen LogP contribution in [0.3, 0.4) is 0 Å². The van der Waals surface area contributed by atoms with Crippen molar-refractivity contribution >= 4 is 0 Å². The average molecular weight is 374 g/mol. The summed E-state index contributed by atoms with van der Waals surface area (Å²) in [5, 5.41) is 68.7. The van der Waals surface area contributed by atoms with Crippen molar-refractivity contribution in [2.45, 2.75) is 80.2 Å². The molecule has 0 amide bonds. The third-order valence-corrected chi connectivity index (χ3v) is 8.88. The molecule has 0 radical (unpaired) electrons. The summed E-state index contributed by atoms with van der Waals surface area (Å²) in [5.74, 6) is 0. The Bertz CT molecular complexity index is 630. The number of hydrogen-bond acceptors (Lipinski definition) is 8. The Hall–Kier alpha value is -0.320. The van der Waals surface area contributed by atoms with Gasteiger partial charge >= 0.3 is 0 Å². The summed E-state index contributed by atoms with van der Waals surface area (Å²) in [6, 6.07) is 0. The molecule has 4 aliphatic rings. The highest BCUT2D eigenvalue weighted by atomic mass is 16.5. The first-order chi connectivity index (χ1) is 11.7. The monoisotopic (exact) mass is 374 g/mol. The zero-order chi connectivity index (χ0) is 19.8. The first-order valence-electron chi connectivity index (χ1n) is 9.10. The minimum atomic E-state index is -2.44. The molecule has 0 aromatic heterocycles. The number of hydrogen-bond donors (Lipinski definition) is 6. The third-order valence-electron chi connectivity index (χ3n) is 8.88. The molecule has 0 aromatic rings. The predicted octanol–water partition coefficient (Wildman–Crippen LogP) is -1.71. The number of ether oxygens (including phenoxy) is 2. The molecule has 6 atom stereocenters. The summed E-state index contributed by atoms with van der Waals surface area (Å²) >= 11 is 0. The Kier molecular flexibility index (Phi) is 3.15. The molecular weight excluding hydrogens is 344 g/mol. The van der Waals surface area contributed by atoms with Gasteiger partial charge in [0.1, 0.15) is 34.1 Å². The molecule has 0 spiro atoms. The van der Waals surface area contributed by atoms with Gasteiger partial charge in [-0.15, -0.1) is 0 Å². The molecular formula is C18H30O8. The summed E-state index contributed by atoms with van der Waals surface area (Å²) in [7, 11) is 1.36. The van der Waals surface area contributed by atoms with Crippen LogP contribution >= 0.6 is 0 Å². The Labute approximate surface area is 152 Å². The lowest BCUT2D eigenvalue weighted by atomic mass is 9.61. The summed E-state index contributed by atoms with van der Waals surface area (Å²) in [6.07, 6.45) is -1.54. The van der Waals surface area contributed by atoms with Gasteiger partial charge < -0.3 is 40.1 Å². The third kappa shape index (κ3) is 1.18. The highest BCUT2D eigenvalue weighted by Crippen LogP contribution is 2.88. The van der Waals surface area contributed by atoms with Crippen molar-refractivity contribution in [3.8, 4) is 0 Å². The molecule has 4 fully saturated rings. The number of aliphatic hydroxyl groups is 6. The van der Waals surface area contributed by atoms with Gasteiger partial charge in [0.05, 0.1) is 0 Å². The van der Waals surface area contributed by atoms with Crippen molar-refractivity contribution in [1.82, 2.24) is 0 Å². The van der Waals surface area contributed by atoms with Crippen LogP contribution < -0.4 is 0 Å². The summed E-state index contributed by atoms with van der Waals surface area (Å²) < 4.78 is 11.1. The van der Waals surface area contributed by atoms with Crippen molar-refractivity contribution in [2.24, 2.45) is 10.8 Å². The minimum Gasteiger partial charge on any atom is -0.387 e. The fourth-order valence-corrected chi connectivity index (χ4v) is 6.90. The second kappa shape index (κ2) is 4.31. The van der Waals surface area contributed by atoms with Crippen LogP contribution in [-0.4, -0.2) is 90.7 Å². The van der Waals surface area contributed by atoms with Gasteiger partial charge in [0, 0.05) is 44.0 Å². The largest absolute Gasteiger partial charge is 0.387 e. The zero-order valence-electron chi connectivity index (χ0n) is 15.9. The average Bonchev–Trinajstić information content (AvgIpc) is 3.17. The molecule has 1 aliphatic heterocycles. The van der Waals surface area contributed by atoms with Crippen LogP contribution in [0.2, 0.25) is 0 Å². The van der Waals surface area contributed by atoms with Gasteiger partial charge in [0.25, 0.3) is 0 Å². The number of aliphatic hydroxyl groups excluding tert-OH is 1. The van der Waals surface area contributed by atoms with Crippen molar-refractivity contribution in [1.29, 1.82) is 0 Å². The maximum atomic E-state index is 12.1. The number of rotatable bonds is 2. The molecule has 8 nitrogen and oxygen atoms in total.